The van der Waals surface area contributed by atoms with Gasteiger partial charge in [0, 0.05) is 19.3 Å². The van der Waals surface area contributed by atoms with E-state index in [1.807, 2.05) is 6.08 Å². The molecule has 2 N–H and O–H groups in total. The Labute approximate surface area is 206 Å². The Balaban J connectivity index is 5.03. The Morgan fingerprint density at radius 3 is 1.35 bits per heavy atom. The van der Waals surface area contributed by atoms with Crippen LogP contribution >= 0.6 is 0 Å². The van der Waals surface area contributed by atoms with Gasteiger partial charge in [-0.1, -0.05) is 78.2 Å². The number of unbranched alkanes of at least 4 members (excludes halogenated alkanes) is 11. The molecule has 0 aromatic rings. The molecule has 3 unspecified atom stereocenters. The van der Waals surface area contributed by atoms with E-state index in [4.69, 9.17) is 0 Å². The van der Waals surface area contributed by atoms with Crippen molar-refractivity contribution >= 4 is 17.9 Å². The van der Waals surface area contributed by atoms with Crippen LogP contribution in [0.4, 0.5) is 0 Å². The van der Waals surface area contributed by atoms with Crippen LogP contribution in [0.1, 0.15) is 117 Å². The van der Waals surface area contributed by atoms with Crippen molar-refractivity contribution in [1.82, 2.24) is 0 Å². The second kappa shape index (κ2) is 18.4. The maximum atomic E-state index is 12.2. The first-order valence-corrected chi connectivity index (χ1v) is 13.4. The van der Waals surface area contributed by atoms with Crippen LogP contribution in [0.15, 0.2) is 12.7 Å². The van der Waals surface area contributed by atoms with Crippen LogP contribution in [0.3, 0.4) is 0 Å². The third-order valence-electron chi connectivity index (χ3n) is 7.20. The maximum Gasteiger partial charge on any atom is 0.362 e. The number of aliphatic carboxylic acids is 3. The van der Waals surface area contributed by atoms with E-state index in [9.17, 15) is 29.7 Å². The zero-order valence-corrected chi connectivity index (χ0v) is 21.8. The highest BCUT2D eigenvalue weighted by molar-refractivity contribution is 5.77. The van der Waals surface area contributed by atoms with Crippen LogP contribution in [0, 0.1) is 0 Å². The molecule has 34 heavy (non-hydrogen) atoms. The fourth-order valence-corrected chi connectivity index (χ4v) is 5.53. The van der Waals surface area contributed by atoms with E-state index in [1.165, 1.54) is 38.5 Å². The molecule has 198 valence electrons. The first kappa shape index (κ1) is 32.1. The highest BCUT2D eigenvalue weighted by atomic mass is 16.4. The summed E-state index contributed by atoms with van der Waals surface area (Å²) < 4.78 is -0.470. The molecule has 0 aliphatic heterocycles. The summed E-state index contributed by atoms with van der Waals surface area (Å²) in [5.41, 5.74) is 0. The predicted molar refractivity (Wildman–Crippen MR) is 133 cm³/mol. The molecule has 7 nitrogen and oxygen atoms in total. The van der Waals surface area contributed by atoms with Crippen molar-refractivity contribution in [2.75, 3.05) is 6.54 Å². The molecule has 0 bridgehead atoms. The number of hydrogen-bond donors (Lipinski definition) is 2. The summed E-state index contributed by atoms with van der Waals surface area (Å²) in [7, 11) is 0. The van der Waals surface area contributed by atoms with E-state index < -0.39 is 40.5 Å². The SMILES string of the molecule is C=CCCCCCCCCCCCCC[N+](C(CC)C(=O)[O-])(C(CC)C(=O)O)C(CC)C(=O)O. The Morgan fingerprint density at radius 1 is 0.706 bits per heavy atom. The maximum absolute atomic E-state index is 12.2. The average Bonchev–Trinajstić information content (AvgIpc) is 2.77. The van der Waals surface area contributed by atoms with Crippen LogP contribution in [-0.2, 0) is 14.4 Å². The first-order chi connectivity index (χ1) is 16.2. The number of hydrogen-bond acceptors (Lipinski definition) is 4. The zero-order chi connectivity index (χ0) is 26.0. The van der Waals surface area contributed by atoms with Gasteiger partial charge in [-0.05, 0) is 25.7 Å². The summed E-state index contributed by atoms with van der Waals surface area (Å²) >= 11 is 0. The Bertz CT molecular complexity index is 551. The minimum atomic E-state index is -1.37. The lowest BCUT2D eigenvalue weighted by Gasteiger charge is -2.51. The second-order valence-corrected chi connectivity index (χ2v) is 9.45. The number of carboxylic acid groups (broad SMARTS) is 3. The van der Waals surface area contributed by atoms with E-state index in [2.05, 4.69) is 6.58 Å². The quantitative estimate of drug-likeness (QED) is 0.121. The van der Waals surface area contributed by atoms with Crippen molar-refractivity contribution < 1.29 is 34.2 Å². The Morgan fingerprint density at radius 2 is 1.06 bits per heavy atom. The molecule has 0 radical (unpaired) electrons. The number of nitrogens with zero attached hydrogens (tertiary/aromatic N) is 1. The number of quaternary nitrogens is 1. The van der Waals surface area contributed by atoms with E-state index >= 15 is 0 Å². The molecule has 0 fully saturated rings. The van der Waals surface area contributed by atoms with E-state index in [-0.39, 0.29) is 25.8 Å². The molecule has 0 saturated carbocycles. The summed E-state index contributed by atoms with van der Waals surface area (Å²) in [6.45, 7) is 8.98. The van der Waals surface area contributed by atoms with Crippen LogP contribution in [0.2, 0.25) is 0 Å². The van der Waals surface area contributed by atoms with E-state index in [0.717, 1.165) is 32.1 Å². The van der Waals surface area contributed by atoms with Crippen molar-refractivity contribution in [3.05, 3.63) is 12.7 Å². The second-order valence-electron chi connectivity index (χ2n) is 9.45. The van der Waals surface area contributed by atoms with Crippen LogP contribution < -0.4 is 5.11 Å². The normalized spacial score (nSPS) is 15.7. The van der Waals surface area contributed by atoms with Gasteiger partial charge in [0.1, 0.15) is 6.04 Å². The van der Waals surface area contributed by atoms with E-state index in [0.29, 0.717) is 6.42 Å². The monoisotopic (exact) mass is 483 g/mol. The van der Waals surface area contributed by atoms with Crippen molar-refractivity contribution in [3.63, 3.8) is 0 Å². The standard InChI is InChI=1S/C27H49NO6/c1-5-9-10-11-12-13-14-15-16-17-18-19-20-21-28(22(6-2)25(29)30,23(7-3)26(31)32)24(8-4)27(33)34/h5,22-24H,1,6-21H2,2-4H3,(H2-,29,30,31,32,33,34). The van der Waals surface area contributed by atoms with E-state index in [1.54, 1.807) is 20.8 Å². The molecule has 0 heterocycles. The largest absolute Gasteiger partial charge is 0.544 e. The molecule has 0 aliphatic carbocycles. The van der Waals surface area contributed by atoms with Crippen LogP contribution in [-0.4, -0.2) is 57.3 Å². The third-order valence-corrected chi connectivity index (χ3v) is 7.20. The minimum Gasteiger partial charge on any atom is -0.544 e. The molecule has 0 aliphatic rings. The molecule has 0 rings (SSSR count). The molecular weight excluding hydrogens is 434 g/mol. The lowest BCUT2D eigenvalue weighted by Crippen LogP contribution is -2.73. The van der Waals surface area contributed by atoms with Gasteiger partial charge in [0.2, 0.25) is 0 Å². The highest BCUT2D eigenvalue weighted by Gasteiger charge is 2.53. The van der Waals surface area contributed by atoms with Crippen LogP contribution in [0.25, 0.3) is 0 Å². The highest BCUT2D eigenvalue weighted by Crippen LogP contribution is 2.32. The average molecular weight is 484 g/mol. The smallest absolute Gasteiger partial charge is 0.362 e. The minimum absolute atomic E-state index is 0.128. The first-order valence-electron chi connectivity index (χ1n) is 13.4. The van der Waals surface area contributed by atoms with Crippen molar-refractivity contribution in [2.45, 2.75) is 135 Å². The molecule has 3 atom stereocenters. The van der Waals surface area contributed by atoms with Gasteiger partial charge in [-0.3, -0.25) is 4.48 Å². The summed E-state index contributed by atoms with van der Waals surface area (Å²) in [6.07, 6.45) is 15.6. The summed E-state index contributed by atoms with van der Waals surface area (Å²) in [5.74, 6) is -3.66. The van der Waals surface area contributed by atoms with Crippen molar-refractivity contribution in [3.8, 4) is 0 Å². The summed E-state index contributed by atoms with van der Waals surface area (Å²) in [6, 6.07) is -3.38. The molecule has 0 spiro atoms. The molecular formula is C27H49NO6. The molecule has 0 aromatic heterocycles. The molecule has 0 saturated heterocycles. The zero-order valence-electron chi connectivity index (χ0n) is 21.8. The van der Waals surface area contributed by atoms with Gasteiger partial charge in [-0.15, -0.1) is 6.58 Å². The molecule has 0 amide bonds. The number of allylic oxidation sites excluding steroid dienone is 1. The van der Waals surface area contributed by atoms with Crippen molar-refractivity contribution in [2.24, 2.45) is 0 Å². The van der Waals surface area contributed by atoms with Gasteiger partial charge in [0.05, 0.1) is 12.5 Å². The van der Waals surface area contributed by atoms with Gasteiger partial charge in [0.25, 0.3) is 0 Å². The number of carbonyl (C=O) groups excluding carboxylic acids is 1. The fourth-order valence-electron chi connectivity index (χ4n) is 5.53. The number of carbonyl (C=O) groups is 3. The van der Waals surface area contributed by atoms with Gasteiger partial charge in [-0.2, -0.15) is 0 Å². The topological polar surface area (TPSA) is 115 Å². The lowest BCUT2D eigenvalue weighted by atomic mass is 9.93. The van der Waals surface area contributed by atoms with Crippen molar-refractivity contribution in [1.29, 1.82) is 0 Å². The molecule has 0 aromatic carbocycles. The van der Waals surface area contributed by atoms with Gasteiger partial charge >= 0.3 is 11.9 Å². The number of rotatable bonds is 23. The third kappa shape index (κ3) is 10.2. The number of carboxylic acids is 3. The van der Waals surface area contributed by atoms with Gasteiger partial charge in [-0.25, -0.2) is 9.59 Å². The van der Waals surface area contributed by atoms with Gasteiger partial charge < -0.3 is 20.1 Å². The summed E-state index contributed by atoms with van der Waals surface area (Å²) in [5, 5.41) is 32.0. The summed E-state index contributed by atoms with van der Waals surface area (Å²) in [4.78, 5) is 36.4. The van der Waals surface area contributed by atoms with Crippen LogP contribution in [0.5, 0.6) is 0 Å². The molecule has 7 heteroatoms. The Hall–Kier alpha value is -1.89. The van der Waals surface area contributed by atoms with Gasteiger partial charge in [0.15, 0.2) is 12.1 Å². The Kier molecular flexibility index (Phi) is 17.4. The lowest BCUT2D eigenvalue weighted by molar-refractivity contribution is -0.974. The fraction of sp³-hybridized carbons (Fsp3) is 0.815. The predicted octanol–water partition coefficient (Wildman–Crippen LogP) is 4.93.